The summed E-state index contributed by atoms with van der Waals surface area (Å²) in [4.78, 5) is 6.66. The summed E-state index contributed by atoms with van der Waals surface area (Å²) < 4.78 is 10.5. The van der Waals surface area contributed by atoms with Crippen LogP contribution in [0.3, 0.4) is 0 Å². The van der Waals surface area contributed by atoms with E-state index in [2.05, 4.69) is 25.4 Å². The first kappa shape index (κ1) is 14.4. The monoisotopic (exact) mass is 301 g/mol. The molecule has 0 amide bonds. The Morgan fingerprint density at radius 1 is 1.09 bits per heavy atom. The standard InChI is InChI=1S/C15H19N5O2/c1-21-12-6-5-11(9-13(12)22-2)17-14-10-16-19-15(18-14)20-7-3-4-8-20/h5-6,9-10H,3-4,7-8H2,1-2H3,(H,17,18,19). The van der Waals surface area contributed by atoms with E-state index in [1.165, 1.54) is 12.8 Å². The second-order valence-corrected chi connectivity index (χ2v) is 5.03. The van der Waals surface area contributed by atoms with Crippen molar-refractivity contribution in [2.24, 2.45) is 0 Å². The number of aromatic nitrogens is 3. The molecule has 0 unspecified atom stereocenters. The van der Waals surface area contributed by atoms with E-state index in [9.17, 15) is 0 Å². The van der Waals surface area contributed by atoms with Gasteiger partial charge in [0.25, 0.3) is 0 Å². The summed E-state index contributed by atoms with van der Waals surface area (Å²) in [6, 6.07) is 5.60. The number of benzene rings is 1. The second-order valence-electron chi connectivity index (χ2n) is 5.03. The van der Waals surface area contributed by atoms with Gasteiger partial charge in [0.05, 0.1) is 20.4 Å². The van der Waals surface area contributed by atoms with Crippen LogP contribution < -0.4 is 19.7 Å². The van der Waals surface area contributed by atoms with Gasteiger partial charge in [0.1, 0.15) is 0 Å². The summed E-state index contributed by atoms with van der Waals surface area (Å²) in [6.07, 6.45) is 3.96. The molecular formula is C15H19N5O2. The van der Waals surface area contributed by atoms with Crippen molar-refractivity contribution in [3.05, 3.63) is 24.4 Å². The molecule has 0 bridgehead atoms. The molecule has 3 rings (SSSR count). The fourth-order valence-corrected chi connectivity index (χ4v) is 2.47. The van der Waals surface area contributed by atoms with Crippen LogP contribution in [0.1, 0.15) is 12.8 Å². The van der Waals surface area contributed by atoms with Gasteiger partial charge in [-0.1, -0.05) is 0 Å². The summed E-state index contributed by atoms with van der Waals surface area (Å²) >= 11 is 0. The zero-order valence-electron chi connectivity index (χ0n) is 12.7. The van der Waals surface area contributed by atoms with Gasteiger partial charge in [0.2, 0.25) is 5.95 Å². The van der Waals surface area contributed by atoms with Crippen molar-refractivity contribution in [1.29, 1.82) is 0 Å². The molecule has 1 N–H and O–H groups in total. The van der Waals surface area contributed by atoms with E-state index in [-0.39, 0.29) is 0 Å². The maximum Gasteiger partial charge on any atom is 0.247 e. The van der Waals surface area contributed by atoms with Gasteiger partial charge in [-0.3, -0.25) is 0 Å². The van der Waals surface area contributed by atoms with E-state index in [1.807, 2.05) is 18.2 Å². The normalized spacial score (nSPS) is 14.0. The molecule has 0 saturated carbocycles. The summed E-state index contributed by atoms with van der Waals surface area (Å²) in [6.45, 7) is 1.98. The fourth-order valence-electron chi connectivity index (χ4n) is 2.47. The zero-order valence-corrected chi connectivity index (χ0v) is 12.7. The van der Waals surface area contributed by atoms with Crippen LogP contribution in [-0.4, -0.2) is 42.5 Å². The van der Waals surface area contributed by atoms with Crippen molar-refractivity contribution in [3.63, 3.8) is 0 Å². The van der Waals surface area contributed by atoms with Crippen molar-refractivity contribution in [3.8, 4) is 11.5 Å². The Morgan fingerprint density at radius 3 is 2.59 bits per heavy atom. The molecule has 1 aliphatic heterocycles. The zero-order chi connectivity index (χ0) is 15.4. The summed E-state index contributed by atoms with van der Waals surface area (Å²) in [5.41, 5.74) is 0.852. The number of rotatable bonds is 5. The van der Waals surface area contributed by atoms with Crippen molar-refractivity contribution in [2.45, 2.75) is 12.8 Å². The Kier molecular flexibility index (Phi) is 4.22. The highest BCUT2D eigenvalue weighted by molar-refractivity contribution is 5.61. The number of nitrogens with zero attached hydrogens (tertiary/aromatic N) is 4. The first-order valence-corrected chi connectivity index (χ1v) is 7.24. The van der Waals surface area contributed by atoms with Crippen LogP contribution >= 0.6 is 0 Å². The van der Waals surface area contributed by atoms with Crippen molar-refractivity contribution in [1.82, 2.24) is 15.2 Å². The van der Waals surface area contributed by atoms with Crippen molar-refractivity contribution in [2.75, 3.05) is 37.5 Å². The van der Waals surface area contributed by atoms with Crippen LogP contribution in [0.15, 0.2) is 24.4 Å². The minimum absolute atomic E-state index is 0.657. The third kappa shape index (κ3) is 3.03. The average Bonchev–Trinajstić information content (AvgIpc) is 3.09. The van der Waals surface area contributed by atoms with Gasteiger partial charge in [0.15, 0.2) is 17.3 Å². The molecule has 0 atom stereocenters. The van der Waals surface area contributed by atoms with Crippen LogP contribution in [0, 0.1) is 0 Å². The predicted octanol–water partition coefficient (Wildman–Crippen LogP) is 2.23. The van der Waals surface area contributed by atoms with E-state index < -0.39 is 0 Å². The molecule has 1 saturated heterocycles. The topological polar surface area (TPSA) is 72.4 Å². The summed E-state index contributed by atoms with van der Waals surface area (Å²) in [7, 11) is 3.22. The van der Waals surface area contributed by atoms with Crippen molar-refractivity contribution >= 4 is 17.5 Å². The molecule has 2 heterocycles. The van der Waals surface area contributed by atoms with Gasteiger partial charge >= 0.3 is 0 Å². The molecular weight excluding hydrogens is 282 g/mol. The Hall–Kier alpha value is -2.57. The first-order valence-electron chi connectivity index (χ1n) is 7.24. The second kappa shape index (κ2) is 6.46. The van der Waals surface area contributed by atoms with Gasteiger partial charge in [-0.2, -0.15) is 10.1 Å². The minimum atomic E-state index is 0.657. The highest BCUT2D eigenvalue weighted by atomic mass is 16.5. The SMILES string of the molecule is COc1ccc(Nc2cnnc(N3CCCC3)n2)cc1OC. The molecule has 7 nitrogen and oxygen atoms in total. The van der Waals surface area contributed by atoms with Gasteiger partial charge in [-0.25, -0.2) is 0 Å². The molecule has 1 aromatic carbocycles. The van der Waals surface area contributed by atoms with Crippen LogP contribution in [0.2, 0.25) is 0 Å². The summed E-state index contributed by atoms with van der Waals surface area (Å²) in [5, 5.41) is 11.4. The molecule has 0 spiro atoms. The van der Waals surface area contributed by atoms with Gasteiger partial charge in [-0.05, 0) is 25.0 Å². The number of ether oxygens (including phenoxy) is 2. The Labute approximate surface area is 129 Å². The van der Waals surface area contributed by atoms with Gasteiger partial charge in [-0.15, -0.1) is 5.10 Å². The molecule has 0 aliphatic carbocycles. The largest absolute Gasteiger partial charge is 0.493 e. The van der Waals surface area contributed by atoms with E-state index in [1.54, 1.807) is 20.4 Å². The number of hydrogen-bond donors (Lipinski definition) is 1. The molecule has 22 heavy (non-hydrogen) atoms. The van der Waals surface area contributed by atoms with E-state index in [0.29, 0.717) is 23.3 Å². The Balaban J connectivity index is 1.79. The molecule has 7 heteroatoms. The van der Waals surface area contributed by atoms with Crippen LogP contribution in [-0.2, 0) is 0 Å². The van der Waals surface area contributed by atoms with Gasteiger partial charge in [0, 0.05) is 24.8 Å². The number of hydrogen-bond acceptors (Lipinski definition) is 7. The highest BCUT2D eigenvalue weighted by Gasteiger charge is 2.15. The fraction of sp³-hybridized carbons (Fsp3) is 0.400. The number of methoxy groups -OCH3 is 2. The smallest absolute Gasteiger partial charge is 0.247 e. The average molecular weight is 301 g/mol. The molecule has 116 valence electrons. The molecule has 0 radical (unpaired) electrons. The molecule has 1 aromatic heterocycles. The van der Waals surface area contributed by atoms with E-state index >= 15 is 0 Å². The maximum absolute atomic E-state index is 5.30. The molecule has 2 aromatic rings. The third-order valence-electron chi connectivity index (χ3n) is 3.59. The predicted molar refractivity (Wildman–Crippen MR) is 84.1 cm³/mol. The van der Waals surface area contributed by atoms with Crippen LogP contribution in [0.4, 0.5) is 17.5 Å². The number of nitrogens with one attached hydrogen (secondary N) is 1. The Bertz CT molecular complexity index is 644. The summed E-state index contributed by atoms with van der Waals surface area (Å²) in [5.74, 6) is 2.67. The van der Waals surface area contributed by atoms with Crippen molar-refractivity contribution < 1.29 is 9.47 Å². The quantitative estimate of drug-likeness (QED) is 0.907. The first-order chi connectivity index (χ1) is 10.8. The van der Waals surface area contributed by atoms with Crippen LogP contribution in [0.5, 0.6) is 11.5 Å². The Morgan fingerprint density at radius 2 is 1.86 bits per heavy atom. The minimum Gasteiger partial charge on any atom is -0.493 e. The highest BCUT2D eigenvalue weighted by Crippen LogP contribution is 2.30. The molecule has 1 fully saturated rings. The maximum atomic E-state index is 5.30. The molecule has 1 aliphatic rings. The van der Waals surface area contributed by atoms with E-state index in [0.717, 1.165) is 18.8 Å². The third-order valence-corrected chi connectivity index (χ3v) is 3.59. The lowest BCUT2D eigenvalue weighted by Gasteiger charge is -2.15. The number of anilines is 3. The van der Waals surface area contributed by atoms with Crippen LogP contribution in [0.25, 0.3) is 0 Å². The lowest BCUT2D eigenvalue weighted by atomic mass is 10.2. The lowest BCUT2D eigenvalue weighted by Crippen LogP contribution is -2.21. The van der Waals surface area contributed by atoms with Gasteiger partial charge < -0.3 is 19.7 Å². The lowest BCUT2D eigenvalue weighted by molar-refractivity contribution is 0.355. The van der Waals surface area contributed by atoms with E-state index in [4.69, 9.17) is 9.47 Å².